The molecule has 178 valence electrons. The van der Waals surface area contributed by atoms with E-state index in [2.05, 4.69) is 0 Å². The van der Waals surface area contributed by atoms with E-state index in [0.717, 1.165) is 0 Å². The molecule has 1 atom stereocenters. The van der Waals surface area contributed by atoms with Crippen molar-refractivity contribution in [1.82, 2.24) is 0 Å². The molecule has 5 rings (SSSR count). The maximum absolute atomic E-state index is 13.7. The van der Waals surface area contributed by atoms with Crippen LogP contribution in [0.4, 0.5) is 0 Å². The number of hydrogen-bond acceptors (Lipinski definition) is 7. The van der Waals surface area contributed by atoms with Gasteiger partial charge < -0.3 is 28.5 Å². The van der Waals surface area contributed by atoms with Gasteiger partial charge in [-0.15, -0.1) is 0 Å². The first-order valence-corrected chi connectivity index (χ1v) is 11.2. The van der Waals surface area contributed by atoms with Crippen molar-refractivity contribution in [3.8, 4) is 34.1 Å². The highest BCUT2D eigenvalue weighted by molar-refractivity contribution is 5.97. The maximum atomic E-state index is 13.7. The topological polar surface area (TPSA) is 90.7 Å². The van der Waals surface area contributed by atoms with E-state index in [1.165, 1.54) is 13.4 Å². The lowest BCUT2D eigenvalue weighted by atomic mass is 9.92. The van der Waals surface area contributed by atoms with Crippen LogP contribution in [0.1, 0.15) is 38.8 Å². The standard InChI is InChI=1S/C27H28O7/c1-26(2)10-9-15-24(34-26)16(12-20-27(3,4)33-20)22(28)21-23(29)17(13-32-25(15)21)14-7-8-18(30-5)19(11-14)31-6/h7-11,13,20,28H,12H2,1-6H3. The molecule has 1 aromatic heterocycles. The first-order valence-electron chi connectivity index (χ1n) is 11.2. The number of phenolic OH excluding ortho intramolecular Hbond substituents is 1. The van der Waals surface area contributed by atoms with E-state index in [1.807, 2.05) is 39.8 Å². The summed E-state index contributed by atoms with van der Waals surface area (Å²) in [6, 6.07) is 5.18. The summed E-state index contributed by atoms with van der Waals surface area (Å²) < 4.78 is 28.7. The van der Waals surface area contributed by atoms with Gasteiger partial charge in [-0.2, -0.15) is 0 Å². The van der Waals surface area contributed by atoms with Crippen LogP contribution in [0.5, 0.6) is 23.0 Å². The minimum atomic E-state index is -0.568. The average Bonchev–Trinajstić information content (AvgIpc) is 3.41. The Balaban J connectivity index is 1.75. The summed E-state index contributed by atoms with van der Waals surface area (Å²) in [7, 11) is 3.08. The lowest BCUT2D eigenvalue weighted by Crippen LogP contribution is -2.28. The van der Waals surface area contributed by atoms with E-state index in [9.17, 15) is 9.90 Å². The lowest BCUT2D eigenvalue weighted by Gasteiger charge is -2.30. The monoisotopic (exact) mass is 464 g/mol. The molecule has 1 unspecified atom stereocenters. The van der Waals surface area contributed by atoms with Crippen molar-refractivity contribution in [2.75, 3.05) is 14.2 Å². The molecule has 0 amide bonds. The Hall–Kier alpha value is -3.45. The fraction of sp³-hybridized carbons (Fsp3) is 0.370. The second-order valence-corrected chi connectivity index (χ2v) is 9.78. The van der Waals surface area contributed by atoms with Gasteiger partial charge in [-0.05, 0) is 57.5 Å². The van der Waals surface area contributed by atoms with Gasteiger partial charge in [0.2, 0.25) is 5.43 Å². The Labute approximate surface area is 197 Å². The normalized spacial score (nSPS) is 19.4. The number of phenols is 1. The van der Waals surface area contributed by atoms with E-state index in [0.29, 0.717) is 45.9 Å². The van der Waals surface area contributed by atoms with Crippen LogP contribution in [0, 0.1) is 0 Å². The first kappa shape index (κ1) is 22.3. The number of fused-ring (bicyclic) bond motifs is 3. The van der Waals surface area contributed by atoms with Gasteiger partial charge >= 0.3 is 0 Å². The van der Waals surface area contributed by atoms with Crippen molar-refractivity contribution in [2.45, 2.75) is 51.4 Å². The molecule has 2 aromatic carbocycles. The molecule has 7 heteroatoms. The van der Waals surface area contributed by atoms with Gasteiger partial charge in [0.1, 0.15) is 28.7 Å². The summed E-state index contributed by atoms with van der Waals surface area (Å²) in [4.78, 5) is 13.7. The van der Waals surface area contributed by atoms with Gasteiger partial charge in [0, 0.05) is 12.0 Å². The molecular formula is C27H28O7. The summed E-state index contributed by atoms with van der Waals surface area (Å²) in [6.07, 6.45) is 5.54. The van der Waals surface area contributed by atoms with Crippen molar-refractivity contribution in [1.29, 1.82) is 0 Å². The SMILES string of the molecule is COc1ccc(-c2coc3c4c(c(CC5OC5(C)C)c(O)c3c2=O)OC(C)(C)C=C4)cc1OC. The van der Waals surface area contributed by atoms with Crippen LogP contribution in [0.2, 0.25) is 0 Å². The van der Waals surface area contributed by atoms with Crippen molar-refractivity contribution in [3.63, 3.8) is 0 Å². The van der Waals surface area contributed by atoms with Gasteiger partial charge in [-0.3, -0.25) is 4.79 Å². The molecule has 3 heterocycles. The van der Waals surface area contributed by atoms with Crippen molar-refractivity contribution in [3.05, 3.63) is 51.9 Å². The van der Waals surface area contributed by atoms with Gasteiger partial charge in [0.05, 0.1) is 37.1 Å². The zero-order chi connectivity index (χ0) is 24.4. The van der Waals surface area contributed by atoms with Gasteiger partial charge in [0.15, 0.2) is 17.1 Å². The Bertz CT molecular complexity index is 1390. The molecule has 1 N–H and O–H groups in total. The fourth-order valence-electron chi connectivity index (χ4n) is 4.45. The smallest absolute Gasteiger partial charge is 0.204 e. The molecule has 1 fully saturated rings. The first-order chi connectivity index (χ1) is 16.1. The van der Waals surface area contributed by atoms with Crippen LogP contribution < -0.4 is 19.6 Å². The van der Waals surface area contributed by atoms with E-state index in [1.54, 1.807) is 25.3 Å². The van der Waals surface area contributed by atoms with Gasteiger partial charge in [-0.1, -0.05) is 6.07 Å². The summed E-state index contributed by atoms with van der Waals surface area (Å²) in [5.41, 5.74) is 1.16. The second-order valence-electron chi connectivity index (χ2n) is 9.78. The number of rotatable bonds is 5. The largest absolute Gasteiger partial charge is 0.507 e. The van der Waals surface area contributed by atoms with E-state index in [-0.39, 0.29) is 33.9 Å². The molecule has 0 saturated carbocycles. The highest BCUT2D eigenvalue weighted by atomic mass is 16.6. The minimum Gasteiger partial charge on any atom is -0.507 e. The van der Waals surface area contributed by atoms with Crippen molar-refractivity contribution < 1.29 is 28.5 Å². The molecule has 3 aromatic rings. The number of hydrogen-bond donors (Lipinski definition) is 1. The van der Waals surface area contributed by atoms with Crippen LogP contribution in [-0.4, -0.2) is 36.6 Å². The number of epoxide rings is 1. The van der Waals surface area contributed by atoms with Crippen LogP contribution >= 0.6 is 0 Å². The summed E-state index contributed by atoms with van der Waals surface area (Å²) >= 11 is 0. The summed E-state index contributed by atoms with van der Waals surface area (Å²) in [6.45, 7) is 7.86. The number of benzene rings is 2. The number of methoxy groups -OCH3 is 2. The Morgan fingerprint density at radius 1 is 1.09 bits per heavy atom. The number of aromatic hydroxyl groups is 1. The third kappa shape index (κ3) is 3.51. The highest BCUT2D eigenvalue weighted by Gasteiger charge is 2.48. The Morgan fingerprint density at radius 3 is 2.44 bits per heavy atom. The van der Waals surface area contributed by atoms with E-state index < -0.39 is 5.60 Å². The van der Waals surface area contributed by atoms with E-state index in [4.69, 9.17) is 23.4 Å². The Morgan fingerprint density at radius 2 is 1.79 bits per heavy atom. The molecule has 0 spiro atoms. The summed E-state index contributed by atoms with van der Waals surface area (Å²) in [5.74, 6) is 1.42. The molecule has 2 aliphatic heterocycles. The average molecular weight is 465 g/mol. The van der Waals surface area contributed by atoms with Crippen LogP contribution in [0.25, 0.3) is 28.2 Å². The van der Waals surface area contributed by atoms with Crippen LogP contribution in [0.15, 0.2) is 39.7 Å². The van der Waals surface area contributed by atoms with Crippen LogP contribution in [-0.2, 0) is 11.2 Å². The zero-order valence-corrected chi connectivity index (χ0v) is 20.1. The lowest BCUT2D eigenvalue weighted by molar-refractivity contribution is 0.156. The van der Waals surface area contributed by atoms with E-state index >= 15 is 0 Å². The second kappa shape index (κ2) is 7.53. The molecule has 0 radical (unpaired) electrons. The molecular weight excluding hydrogens is 436 g/mol. The Kier molecular flexibility index (Phi) is 4.95. The predicted molar refractivity (Wildman–Crippen MR) is 129 cm³/mol. The van der Waals surface area contributed by atoms with Gasteiger partial charge in [0.25, 0.3) is 0 Å². The van der Waals surface area contributed by atoms with Crippen molar-refractivity contribution >= 4 is 17.0 Å². The zero-order valence-electron chi connectivity index (χ0n) is 20.1. The number of ether oxygens (including phenoxy) is 4. The third-order valence-corrected chi connectivity index (χ3v) is 6.54. The predicted octanol–water partition coefficient (Wildman–Crippen LogP) is 5.09. The third-order valence-electron chi connectivity index (χ3n) is 6.54. The molecule has 2 aliphatic rings. The minimum absolute atomic E-state index is 0.0846. The molecule has 0 aliphatic carbocycles. The van der Waals surface area contributed by atoms with Crippen LogP contribution in [0.3, 0.4) is 0 Å². The molecule has 0 bridgehead atoms. The highest BCUT2D eigenvalue weighted by Crippen LogP contribution is 2.48. The molecule has 7 nitrogen and oxygen atoms in total. The van der Waals surface area contributed by atoms with Gasteiger partial charge in [-0.25, -0.2) is 0 Å². The fourth-order valence-corrected chi connectivity index (χ4v) is 4.45. The quantitative estimate of drug-likeness (QED) is 0.526. The maximum Gasteiger partial charge on any atom is 0.204 e. The molecule has 1 saturated heterocycles. The molecule has 34 heavy (non-hydrogen) atoms. The summed E-state index contributed by atoms with van der Waals surface area (Å²) in [5, 5.41) is 11.5. The van der Waals surface area contributed by atoms with Crippen molar-refractivity contribution in [2.24, 2.45) is 0 Å².